The highest BCUT2D eigenvalue weighted by atomic mass is 35.5. The fraction of sp³-hybridized carbons (Fsp3) is 0.0769. The highest BCUT2D eigenvalue weighted by Crippen LogP contribution is 2.23. The minimum Gasteiger partial charge on any atom is -0.240 e. The molecule has 0 aliphatic heterocycles. The van der Waals surface area contributed by atoms with Crippen LogP contribution in [0.5, 0.6) is 0 Å². The van der Waals surface area contributed by atoms with Gasteiger partial charge in [0, 0.05) is 0 Å². The summed E-state index contributed by atoms with van der Waals surface area (Å²) >= 11 is 11.9. The maximum absolute atomic E-state index is 5.99. The normalized spacial score (nSPS) is 11.0. The molecule has 0 radical (unpaired) electrons. The Balaban J connectivity index is 1.98. The summed E-state index contributed by atoms with van der Waals surface area (Å²) in [7, 11) is 0. The van der Waals surface area contributed by atoms with Crippen molar-refractivity contribution in [3.05, 3.63) is 58.1 Å². The van der Waals surface area contributed by atoms with E-state index in [0.717, 1.165) is 16.6 Å². The molecule has 3 rings (SSSR count). The SMILES string of the molecule is Clc1ccc(Cn2nnc3ccccc32)cc1Cl. The molecular weight excluding hydrogens is 269 g/mol. The summed E-state index contributed by atoms with van der Waals surface area (Å²) in [4.78, 5) is 0. The van der Waals surface area contributed by atoms with Crippen molar-refractivity contribution in [2.24, 2.45) is 0 Å². The molecular formula is C13H9Cl2N3. The Morgan fingerprint density at radius 2 is 1.83 bits per heavy atom. The number of rotatable bonds is 2. The maximum atomic E-state index is 5.99. The zero-order valence-electron chi connectivity index (χ0n) is 9.35. The van der Waals surface area contributed by atoms with Crippen molar-refractivity contribution in [1.29, 1.82) is 0 Å². The lowest BCUT2D eigenvalue weighted by Gasteiger charge is -2.04. The largest absolute Gasteiger partial charge is 0.240 e. The van der Waals surface area contributed by atoms with E-state index in [1.54, 1.807) is 6.07 Å². The highest BCUT2D eigenvalue weighted by molar-refractivity contribution is 6.42. The number of halogens is 2. The fourth-order valence-corrected chi connectivity index (χ4v) is 2.17. The monoisotopic (exact) mass is 277 g/mol. The first-order valence-electron chi connectivity index (χ1n) is 5.46. The van der Waals surface area contributed by atoms with E-state index in [1.165, 1.54) is 0 Å². The van der Waals surface area contributed by atoms with Crippen LogP contribution < -0.4 is 0 Å². The van der Waals surface area contributed by atoms with E-state index in [1.807, 2.05) is 41.1 Å². The second kappa shape index (κ2) is 4.59. The smallest absolute Gasteiger partial charge is 0.113 e. The highest BCUT2D eigenvalue weighted by Gasteiger charge is 2.05. The molecule has 0 saturated heterocycles. The molecule has 3 nitrogen and oxygen atoms in total. The number of para-hydroxylation sites is 1. The Labute approximate surface area is 114 Å². The van der Waals surface area contributed by atoms with Crippen molar-refractivity contribution in [2.45, 2.75) is 6.54 Å². The van der Waals surface area contributed by atoms with Crippen LogP contribution in [-0.4, -0.2) is 15.0 Å². The summed E-state index contributed by atoms with van der Waals surface area (Å²) < 4.78 is 1.84. The molecule has 1 heterocycles. The second-order valence-electron chi connectivity index (χ2n) is 3.98. The molecule has 18 heavy (non-hydrogen) atoms. The lowest BCUT2D eigenvalue weighted by molar-refractivity contribution is 0.670. The van der Waals surface area contributed by atoms with E-state index in [4.69, 9.17) is 23.2 Å². The van der Waals surface area contributed by atoms with Crippen LogP contribution in [0, 0.1) is 0 Å². The molecule has 3 aromatic rings. The Bertz CT molecular complexity index is 706. The van der Waals surface area contributed by atoms with Gasteiger partial charge in [0.05, 0.1) is 22.1 Å². The van der Waals surface area contributed by atoms with Crippen LogP contribution in [0.4, 0.5) is 0 Å². The van der Waals surface area contributed by atoms with Crippen molar-refractivity contribution in [3.63, 3.8) is 0 Å². The van der Waals surface area contributed by atoms with Gasteiger partial charge in [0.2, 0.25) is 0 Å². The first-order chi connectivity index (χ1) is 8.74. The molecule has 0 saturated carbocycles. The second-order valence-corrected chi connectivity index (χ2v) is 4.80. The van der Waals surface area contributed by atoms with Gasteiger partial charge in [0.15, 0.2) is 0 Å². The van der Waals surface area contributed by atoms with E-state index in [0.29, 0.717) is 16.6 Å². The van der Waals surface area contributed by atoms with Gasteiger partial charge in [-0.05, 0) is 29.8 Å². The summed E-state index contributed by atoms with van der Waals surface area (Å²) in [5.41, 5.74) is 2.93. The predicted octanol–water partition coefficient (Wildman–Crippen LogP) is 3.79. The summed E-state index contributed by atoms with van der Waals surface area (Å²) in [5.74, 6) is 0. The maximum Gasteiger partial charge on any atom is 0.113 e. The van der Waals surface area contributed by atoms with Crippen LogP contribution in [0.15, 0.2) is 42.5 Å². The van der Waals surface area contributed by atoms with Crippen molar-refractivity contribution in [2.75, 3.05) is 0 Å². The van der Waals surface area contributed by atoms with Gasteiger partial charge >= 0.3 is 0 Å². The Morgan fingerprint density at radius 3 is 2.67 bits per heavy atom. The third kappa shape index (κ3) is 2.07. The zero-order valence-corrected chi connectivity index (χ0v) is 10.9. The molecule has 0 unspecified atom stereocenters. The predicted molar refractivity (Wildman–Crippen MR) is 73.1 cm³/mol. The van der Waals surface area contributed by atoms with Gasteiger partial charge in [-0.15, -0.1) is 5.10 Å². The standard InChI is InChI=1S/C13H9Cl2N3/c14-10-6-5-9(7-11(10)15)8-18-13-4-2-1-3-12(13)16-17-18/h1-7H,8H2. The van der Waals surface area contributed by atoms with Gasteiger partial charge in [-0.3, -0.25) is 0 Å². The quantitative estimate of drug-likeness (QED) is 0.714. The van der Waals surface area contributed by atoms with Crippen LogP contribution >= 0.6 is 23.2 Å². The molecule has 0 aliphatic rings. The third-order valence-electron chi connectivity index (χ3n) is 2.74. The van der Waals surface area contributed by atoms with E-state index in [2.05, 4.69) is 10.3 Å². The number of fused-ring (bicyclic) bond motifs is 1. The Hall–Kier alpha value is -1.58. The van der Waals surface area contributed by atoms with Crippen LogP contribution in [0.1, 0.15) is 5.56 Å². The van der Waals surface area contributed by atoms with E-state index in [-0.39, 0.29) is 0 Å². The van der Waals surface area contributed by atoms with Crippen molar-refractivity contribution < 1.29 is 0 Å². The first kappa shape index (κ1) is 11.5. The molecule has 0 aliphatic carbocycles. The summed E-state index contributed by atoms with van der Waals surface area (Å²) in [6, 6.07) is 13.4. The summed E-state index contributed by atoms with van der Waals surface area (Å²) in [5, 5.41) is 9.36. The number of hydrogen-bond donors (Lipinski definition) is 0. The molecule has 0 bridgehead atoms. The van der Waals surface area contributed by atoms with Crippen molar-refractivity contribution >= 4 is 34.2 Å². The van der Waals surface area contributed by atoms with Gasteiger partial charge in [0.1, 0.15) is 5.52 Å². The van der Waals surface area contributed by atoms with Crippen LogP contribution in [-0.2, 0) is 6.54 Å². The number of aromatic nitrogens is 3. The van der Waals surface area contributed by atoms with E-state index < -0.39 is 0 Å². The first-order valence-corrected chi connectivity index (χ1v) is 6.22. The molecule has 0 spiro atoms. The minimum absolute atomic E-state index is 0.554. The zero-order chi connectivity index (χ0) is 12.5. The lowest BCUT2D eigenvalue weighted by atomic mass is 10.2. The van der Waals surface area contributed by atoms with Gasteiger partial charge in [0.25, 0.3) is 0 Å². The molecule has 0 fully saturated rings. The molecule has 5 heteroatoms. The van der Waals surface area contributed by atoms with Crippen LogP contribution in [0.25, 0.3) is 11.0 Å². The number of nitrogens with zero attached hydrogens (tertiary/aromatic N) is 3. The molecule has 0 amide bonds. The Kier molecular flexibility index (Phi) is 2.94. The summed E-state index contributed by atoms with van der Waals surface area (Å²) in [6.07, 6.45) is 0. The van der Waals surface area contributed by atoms with Gasteiger partial charge in [-0.1, -0.05) is 46.6 Å². The molecule has 0 atom stereocenters. The van der Waals surface area contributed by atoms with Gasteiger partial charge in [-0.2, -0.15) is 0 Å². The molecule has 1 aromatic heterocycles. The van der Waals surface area contributed by atoms with Crippen molar-refractivity contribution in [3.8, 4) is 0 Å². The molecule has 0 N–H and O–H groups in total. The topological polar surface area (TPSA) is 30.7 Å². The van der Waals surface area contributed by atoms with Gasteiger partial charge in [-0.25, -0.2) is 4.68 Å². The third-order valence-corrected chi connectivity index (χ3v) is 3.48. The lowest BCUT2D eigenvalue weighted by Crippen LogP contribution is -2.01. The molecule has 90 valence electrons. The van der Waals surface area contributed by atoms with Crippen molar-refractivity contribution in [1.82, 2.24) is 15.0 Å². The van der Waals surface area contributed by atoms with E-state index in [9.17, 15) is 0 Å². The molecule has 2 aromatic carbocycles. The summed E-state index contributed by atoms with van der Waals surface area (Å²) in [6.45, 7) is 0.622. The average Bonchev–Trinajstić information content (AvgIpc) is 2.78. The number of benzene rings is 2. The van der Waals surface area contributed by atoms with Crippen LogP contribution in [0.3, 0.4) is 0 Å². The van der Waals surface area contributed by atoms with Crippen LogP contribution in [0.2, 0.25) is 10.0 Å². The fourth-order valence-electron chi connectivity index (χ4n) is 1.85. The van der Waals surface area contributed by atoms with Gasteiger partial charge < -0.3 is 0 Å². The Morgan fingerprint density at radius 1 is 1.00 bits per heavy atom. The minimum atomic E-state index is 0.554. The number of hydrogen-bond acceptors (Lipinski definition) is 2. The average molecular weight is 278 g/mol. The van der Waals surface area contributed by atoms with E-state index >= 15 is 0 Å².